The van der Waals surface area contributed by atoms with Crippen LogP contribution in [0.4, 0.5) is 0 Å². The number of phenolic OH excluding ortho intramolecular Hbond substituents is 1. The maximum absolute atomic E-state index is 12.4. The number of hydrogen-bond donors (Lipinski definition) is 3. The molecule has 0 spiro atoms. The van der Waals surface area contributed by atoms with Crippen molar-refractivity contribution in [2.45, 2.75) is 24.8 Å². The monoisotopic (exact) mass is 362 g/mol. The summed E-state index contributed by atoms with van der Waals surface area (Å²) >= 11 is 1.46. The predicted octanol–water partition coefficient (Wildman–Crippen LogP) is 1.24. The highest BCUT2D eigenvalue weighted by Gasteiger charge is 2.53. The van der Waals surface area contributed by atoms with Crippen molar-refractivity contribution in [2.75, 3.05) is 5.75 Å². The third kappa shape index (κ3) is 3.03. The number of aromatic hydroxyl groups is 1. The smallest absolute Gasteiger partial charge is 0.352 e. The lowest BCUT2D eigenvalue weighted by atomic mass is 9.87. The van der Waals surface area contributed by atoms with Gasteiger partial charge in [0.2, 0.25) is 5.91 Å². The van der Waals surface area contributed by atoms with Crippen molar-refractivity contribution in [3.8, 4) is 5.75 Å². The van der Waals surface area contributed by atoms with E-state index < -0.39 is 17.9 Å². The Bertz CT molecular complexity index is 774. The van der Waals surface area contributed by atoms with E-state index in [-0.39, 0.29) is 34.9 Å². The zero-order chi connectivity index (χ0) is 18.3. The normalized spacial score (nSPS) is 23.8. The van der Waals surface area contributed by atoms with Crippen molar-refractivity contribution in [3.63, 3.8) is 0 Å². The first kappa shape index (κ1) is 17.5. The van der Waals surface area contributed by atoms with Gasteiger partial charge in [0.05, 0.1) is 17.3 Å². The number of ketones is 1. The van der Waals surface area contributed by atoms with Gasteiger partial charge in [-0.15, -0.1) is 11.8 Å². The quantitative estimate of drug-likeness (QED) is 0.674. The van der Waals surface area contributed by atoms with E-state index in [1.54, 1.807) is 19.1 Å². The van der Waals surface area contributed by atoms with Gasteiger partial charge in [-0.25, -0.2) is 4.79 Å². The SMILES string of the molecule is CC1=C(C(=O)O)N2C(=O)[C@@H](CC(=O)[C@H](N)c3ccc(O)cc3)C2SC1. The molecule has 0 aliphatic carbocycles. The maximum Gasteiger partial charge on any atom is 0.352 e. The summed E-state index contributed by atoms with van der Waals surface area (Å²) in [6, 6.07) is 5.14. The van der Waals surface area contributed by atoms with Crippen LogP contribution >= 0.6 is 11.8 Å². The van der Waals surface area contributed by atoms with Crippen molar-refractivity contribution in [1.82, 2.24) is 4.90 Å². The number of aliphatic carboxylic acids is 1. The van der Waals surface area contributed by atoms with Crippen LogP contribution in [-0.2, 0) is 14.4 Å². The van der Waals surface area contributed by atoms with Crippen LogP contribution in [0.3, 0.4) is 0 Å². The number of β-lactam (4-membered cyclic amide) rings is 1. The fraction of sp³-hybridized carbons (Fsp3) is 0.353. The molecular weight excluding hydrogens is 344 g/mol. The molecule has 7 nitrogen and oxygen atoms in total. The van der Waals surface area contributed by atoms with Gasteiger partial charge < -0.3 is 15.9 Å². The largest absolute Gasteiger partial charge is 0.508 e. The van der Waals surface area contributed by atoms with Gasteiger partial charge in [-0.3, -0.25) is 14.5 Å². The molecule has 132 valence electrons. The molecule has 2 heterocycles. The Balaban J connectivity index is 1.71. The van der Waals surface area contributed by atoms with Crippen LogP contribution in [0.5, 0.6) is 5.75 Å². The molecule has 8 heteroatoms. The summed E-state index contributed by atoms with van der Waals surface area (Å²) in [6.45, 7) is 1.69. The van der Waals surface area contributed by atoms with Crippen LogP contribution in [0.15, 0.2) is 35.5 Å². The fourth-order valence-corrected chi connectivity index (χ4v) is 4.48. The second-order valence-corrected chi connectivity index (χ2v) is 7.30. The molecule has 3 rings (SSSR count). The van der Waals surface area contributed by atoms with Gasteiger partial charge in [0.1, 0.15) is 11.4 Å². The van der Waals surface area contributed by atoms with E-state index in [1.807, 2.05) is 0 Å². The predicted molar refractivity (Wildman–Crippen MR) is 91.6 cm³/mol. The Morgan fingerprint density at radius 3 is 2.60 bits per heavy atom. The number of Topliss-reactive ketones (excluding diaryl/α,β-unsaturated/α-hetero) is 1. The first-order valence-corrected chi connectivity index (χ1v) is 8.81. The molecule has 3 atom stereocenters. The zero-order valence-corrected chi connectivity index (χ0v) is 14.3. The van der Waals surface area contributed by atoms with Gasteiger partial charge in [0.15, 0.2) is 5.78 Å². The molecule has 1 amide bonds. The van der Waals surface area contributed by atoms with Crippen LogP contribution in [0, 0.1) is 5.92 Å². The number of carbonyl (C=O) groups excluding carboxylic acids is 2. The number of fused-ring (bicyclic) bond motifs is 1. The second-order valence-electron chi connectivity index (χ2n) is 6.19. The van der Waals surface area contributed by atoms with Gasteiger partial charge in [0, 0.05) is 12.2 Å². The first-order chi connectivity index (χ1) is 11.8. The average Bonchev–Trinajstić information content (AvgIpc) is 2.58. The molecule has 2 aliphatic rings. The second kappa shape index (κ2) is 6.53. The first-order valence-electron chi connectivity index (χ1n) is 7.76. The number of thioether (sulfide) groups is 1. The van der Waals surface area contributed by atoms with Gasteiger partial charge in [-0.1, -0.05) is 12.1 Å². The number of amides is 1. The number of nitrogens with two attached hydrogens (primary N) is 1. The lowest BCUT2D eigenvalue weighted by Crippen LogP contribution is -2.61. The van der Waals surface area contributed by atoms with Crippen LogP contribution in [0.2, 0.25) is 0 Å². The molecule has 4 N–H and O–H groups in total. The molecule has 2 aliphatic heterocycles. The van der Waals surface area contributed by atoms with E-state index in [4.69, 9.17) is 5.73 Å². The number of carboxylic acids is 1. The maximum atomic E-state index is 12.4. The molecule has 1 aromatic rings. The average molecular weight is 362 g/mol. The Kier molecular flexibility index (Phi) is 4.57. The number of carboxylic acid groups (broad SMARTS) is 1. The Labute approximate surface area is 148 Å². The zero-order valence-electron chi connectivity index (χ0n) is 13.5. The summed E-state index contributed by atoms with van der Waals surface area (Å²) in [5, 5.41) is 18.3. The van der Waals surface area contributed by atoms with Crippen LogP contribution in [0.1, 0.15) is 24.9 Å². The highest BCUT2D eigenvalue weighted by Crippen LogP contribution is 2.45. The summed E-state index contributed by atoms with van der Waals surface area (Å²) in [4.78, 5) is 37.5. The van der Waals surface area contributed by atoms with Gasteiger partial charge in [-0.05, 0) is 30.2 Å². The van der Waals surface area contributed by atoms with Gasteiger partial charge >= 0.3 is 5.97 Å². The van der Waals surface area contributed by atoms with Crippen LogP contribution < -0.4 is 5.73 Å². The Morgan fingerprint density at radius 2 is 2.00 bits per heavy atom. The third-order valence-corrected chi connectivity index (χ3v) is 5.97. The summed E-state index contributed by atoms with van der Waals surface area (Å²) in [6.07, 6.45) is -0.0268. The number of rotatable bonds is 5. The minimum atomic E-state index is -1.12. The number of benzene rings is 1. The van der Waals surface area contributed by atoms with E-state index in [0.29, 0.717) is 16.9 Å². The number of carbonyl (C=O) groups is 3. The van der Waals surface area contributed by atoms with Crippen molar-refractivity contribution in [3.05, 3.63) is 41.1 Å². The topological polar surface area (TPSA) is 121 Å². The number of phenols is 1. The van der Waals surface area contributed by atoms with Crippen LogP contribution in [-0.4, -0.2) is 43.9 Å². The summed E-state index contributed by atoms with van der Waals surface area (Å²) in [5.41, 5.74) is 7.19. The highest BCUT2D eigenvalue weighted by atomic mass is 32.2. The van der Waals surface area contributed by atoms with Gasteiger partial charge in [-0.2, -0.15) is 0 Å². The van der Waals surface area contributed by atoms with Crippen molar-refractivity contribution >= 4 is 29.4 Å². The molecule has 0 aromatic heterocycles. The third-order valence-electron chi connectivity index (χ3n) is 4.49. The van der Waals surface area contributed by atoms with Crippen molar-refractivity contribution in [1.29, 1.82) is 0 Å². The van der Waals surface area contributed by atoms with E-state index in [1.165, 1.54) is 28.8 Å². The molecule has 0 bridgehead atoms. The van der Waals surface area contributed by atoms with E-state index >= 15 is 0 Å². The number of hydrogen-bond acceptors (Lipinski definition) is 6. The standard InChI is InChI=1S/C17H18N2O5S/c1-8-7-25-16-11(15(22)19(16)14(8)17(23)24)6-12(21)13(18)9-2-4-10(20)5-3-9/h2-5,11,13,16,20H,6-7,18H2,1H3,(H,23,24)/t11-,13-,16?/m1/s1. The van der Waals surface area contributed by atoms with E-state index in [2.05, 4.69) is 0 Å². The molecule has 1 fully saturated rings. The minimum Gasteiger partial charge on any atom is -0.508 e. The number of nitrogens with zero attached hydrogens (tertiary/aromatic N) is 1. The van der Waals surface area contributed by atoms with Crippen LogP contribution in [0.25, 0.3) is 0 Å². The molecule has 0 radical (unpaired) electrons. The van der Waals surface area contributed by atoms with Crippen molar-refractivity contribution < 1.29 is 24.6 Å². The van der Waals surface area contributed by atoms with E-state index in [0.717, 1.165) is 0 Å². The molecule has 1 saturated heterocycles. The Hall–Kier alpha value is -2.32. The van der Waals surface area contributed by atoms with E-state index in [9.17, 15) is 24.6 Å². The Morgan fingerprint density at radius 1 is 1.36 bits per heavy atom. The summed E-state index contributed by atoms with van der Waals surface area (Å²) in [7, 11) is 0. The molecule has 1 aromatic carbocycles. The summed E-state index contributed by atoms with van der Waals surface area (Å²) in [5.74, 6) is -1.71. The lowest BCUT2D eigenvalue weighted by Gasteiger charge is -2.49. The summed E-state index contributed by atoms with van der Waals surface area (Å²) < 4.78 is 0. The fourth-order valence-electron chi connectivity index (χ4n) is 3.12. The highest BCUT2D eigenvalue weighted by molar-refractivity contribution is 8.00. The molecule has 0 saturated carbocycles. The molecular formula is C17H18N2O5S. The molecule has 25 heavy (non-hydrogen) atoms. The molecule has 1 unspecified atom stereocenters. The van der Waals surface area contributed by atoms with Gasteiger partial charge in [0.25, 0.3) is 0 Å². The minimum absolute atomic E-state index is 0.0268. The van der Waals surface area contributed by atoms with Crippen molar-refractivity contribution in [2.24, 2.45) is 11.7 Å². The lowest BCUT2D eigenvalue weighted by molar-refractivity contribution is -0.154.